The van der Waals surface area contributed by atoms with E-state index in [0.29, 0.717) is 16.6 Å². The molecule has 4 nitrogen and oxygen atoms in total. The molecule has 0 spiro atoms. The fourth-order valence-corrected chi connectivity index (χ4v) is 2.64. The standard InChI is InChI=1S/C11H13Br2NO3/c1-2-17-10(15)5-9(14)7-3-6(12)4-8(13)11(7)16/h3-4,9,16H,2,5,14H2,1H3. The summed E-state index contributed by atoms with van der Waals surface area (Å²) in [5.74, 6) is -0.333. The van der Waals surface area contributed by atoms with Gasteiger partial charge in [0.05, 0.1) is 17.5 Å². The molecule has 0 saturated heterocycles. The minimum atomic E-state index is -0.595. The van der Waals surface area contributed by atoms with Crippen LogP contribution < -0.4 is 5.73 Å². The molecule has 1 unspecified atom stereocenters. The maximum atomic E-state index is 11.3. The van der Waals surface area contributed by atoms with Crippen LogP contribution in [0.3, 0.4) is 0 Å². The maximum absolute atomic E-state index is 11.3. The molecule has 0 aliphatic rings. The van der Waals surface area contributed by atoms with Gasteiger partial charge in [0, 0.05) is 16.1 Å². The third-order valence-corrected chi connectivity index (χ3v) is 3.21. The van der Waals surface area contributed by atoms with Crippen molar-refractivity contribution in [3.05, 3.63) is 26.6 Å². The molecule has 3 N–H and O–H groups in total. The molecule has 0 saturated carbocycles. The highest BCUT2D eigenvalue weighted by Gasteiger charge is 2.18. The van der Waals surface area contributed by atoms with E-state index >= 15 is 0 Å². The topological polar surface area (TPSA) is 72.5 Å². The van der Waals surface area contributed by atoms with Crippen LogP contribution in [0.1, 0.15) is 24.9 Å². The summed E-state index contributed by atoms with van der Waals surface area (Å²) in [5, 5.41) is 9.84. The molecule has 6 heteroatoms. The summed E-state index contributed by atoms with van der Waals surface area (Å²) in [7, 11) is 0. The SMILES string of the molecule is CCOC(=O)CC(N)c1cc(Br)cc(Br)c1O. The van der Waals surface area contributed by atoms with Crippen LogP contribution in [0.5, 0.6) is 5.75 Å². The van der Waals surface area contributed by atoms with Crippen LogP contribution >= 0.6 is 31.9 Å². The number of aromatic hydroxyl groups is 1. The maximum Gasteiger partial charge on any atom is 0.307 e. The molecule has 1 atom stereocenters. The summed E-state index contributed by atoms with van der Waals surface area (Å²) in [4.78, 5) is 11.3. The minimum Gasteiger partial charge on any atom is -0.506 e. The molecule has 94 valence electrons. The van der Waals surface area contributed by atoms with E-state index in [1.165, 1.54) is 0 Å². The Balaban J connectivity index is 2.88. The monoisotopic (exact) mass is 365 g/mol. The zero-order valence-corrected chi connectivity index (χ0v) is 12.4. The summed E-state index contributed by atoms with van der Waals surface area (Å²) >= 11 is 6.51. The number of benzene rings is 1. The predicted octanol–water partition coefficient (Wildman–Crippen LogP) is 2.87. The highest BCUT2D eigenvalue weighted by Crippen LogP contribution is 2.35. The van der Waals surface area contributed by atoms with Gasteiger partial charge in [0.1, 0.15) is 5.75 Å². The van der Waals surface area contributed by atoms with Crippen LogP contribution in [0.15, 0.2) is 21.1 Å². The van der Waals surface area contributed by atoms with Gasteiger partial charge in [-0.25, -0.2) is 0 Å². The highest BCUT2D eigenvalue weighted by molar-refractivity contribution is 9.11. The number of esters is 1. The largest absolute Gasteiger partial charge is 0.506 e. The summed E-state index contributed by atoms with van der Waals surface area (Å²) in [6.07, 6.45) is 0.0320. The number of hydrogen-bond donors (Lipinski definition) is 2. The van der Waals surface area contributed by atoms with Crippen LogP contribution in [0.4, 0.5) is 0 Å². The zero-order valence-electron chi connectivity index (χ0n) is 9.24. The highest BCUT2D eigenvalue weighted by atomic mass is 79.9. The number of halogens is 2. The van der Waals surface area contributed by atoms with Crippen molar-refractivity contribution in [3.8, 4) is 5.75 Å². The zero-order chi connectivity index (χ0) is 13.0. The molecule has 0 aliphatic heterocycles. The Bertz CT molecular complexity index is 423. The second-order valence-electron chi connectivity index (χ2n) is 3.44. The van der Waals surface area contributed by atoms with Crippen molar-refractivity contribution in [3.63, 3.8) is 0 Å². The van der Waals surface area contributed by atoms with Gasteiger partial charge in [-0.05, 0) is 35.0 Å². The fraction of sp³-hybridized carbons (Fsp3) is 0.364. The number of nitrogens with two attached hydrogens (primary N) is 1. The van der Waals surface area contributed by atoms with Crippen molar-refractivity contribution in [2.75, 3.05) is 6.61 Å². The van der Waals surface area contributed by atoms with E-state index < -0.39 is 6.04 Å². The van der Waals surface area contributed by atoms with Crippen molar-refractivity contribution < 1.29 is 14.6 Å². The van der Waals surface area contributed by atoms with Crippen LogP contribution in [0.25, 0.3) is 0 Å². The molecule has 0 fully saturated rings. The van der Waals surface area contributed by atoms with Gasteiger partial charge in [0.25, 0.3) is 0 Å². The van der Waals surface area contributed by atoms with E-state index in [4.69, 9.17) is 10.5 Å². The Morgan fingerprint density at radius 3 is 2.76 bits per heavy atom. The second-order valence-corrected chi connectivity index (χ2v) is 5.21. The predicted molar refractivity (Wildman–Crippen MR) is 71.7 cm³/mol. The van der Waals surface area contributed by atoms with E-state index in [1.807, 2.05) is 0 Å². The number of phenolic OH excluding ortho intramolecular Hbond substituents is 1. The average molecular weight is 367 g/mol. The average Bonchev–Trinajstić information content (AvgIpc) is 2.23. The normalized spacial score (nSPS) is 12.2. The number of hydrogen-bond acceptors (Lipinski definition) is 4. The van der Waals surface area contributed by atoms with E-state index in [2.05, 4.69) is 31.9 Å². The second kappa shape index (κ2) is 6.37. The summed E-state index contributed by atoms with van der Waals surface area (Å²) < 4.78 is 6.11. The summed E-state index contributed by atoms with van der Waals surface area (Å²) in [6, 6.07) is 2.79. The molecule has 1 aromatic rings. The molecule has 0 amide bonds. The van der Waals surface area contributed by atoms with Crippen molar-refractivity contribution in [2.24, 2.45) is 5.73 Å². The third-order valence-electron chi connectivity index (χ3n) is 2.15. The Labute approximate surface area is 116 Å². The first-order chi connectivity index (χ1) is 7.95. The van der Waals surface area contributed by atoms with Crippen molar-refractivity contribution in [2.45, 2.75) is 19.4 Å². The van der Waals surface area contributed by atoms with Gasteiger partial charge in [-0.2, -0.15) is 0 Å². The lowest BCUT2D eigenvalue weighted by molar-refractivity contribution is -0.143. The molecule has 17 heavy (non-hydrogen) atoms. The smallest absolute Gasteiger partial charge is 0.307 e. The van der Waals surface area contributed by atoms with Gasteiger partial charge in [-0.3, -0.25) is 4.79 Å². The third kappa shape index (κ3) is 3.97. The fourth-order valence-electron chi connectivity index (χ4n) is 1.38. The van der Waals surface area contributed by atoms with E-state index in [9.17, 15) is 9.90 Å². The Hall–Kier alpha value is -0.590. The first-order valence-electron chi connectivity index (χ1n) is 5.04. The number of carbonyl (C=O) groups is 1. The van der Waals surface area contributed by atoms with Gasteiger partial charge >= 0.3 is 5.97 Å². The number of rotatable bonds is 4. The minimum absolute atomic E-state index is 0.0320. The number of phenols is 1. The van der Waals surface area contributed by atoms with Gasteiger partial charge in [-0.15, -0.1) is 0 Å². The molecular weight excluding hydrogens is 354 g/mol. The molecule has 0 radical (unpaired) electrons. The molecule has 1 rings (SSSR count). The van der Waals surface area contributed by atoms with Crippen molar-refractivity contribution >= 4 is 37.8 Å². The van der Waals surface area contributed by atoms with Crippen molar-refractivity contribution in [1.82, 2.24) is 0 Å². The van der Waals surface area contributed by atoms with E-state index in [-0.39, 0.29) is 18.1 Å². The number of ether oxygens (including phenoxy) is 1. The van der Waals surface area contributed by atoms with Crippen LogP contribution in [0.2, 0.25) is 0 Å². The molecule has 0 heterocycles. The van der Waals surface area contributed by atoms with Gasteiger partial charge in [0.15, 0.2) is 0 Å². The Morgan fingerprint density at radius 2 is 2.18 bits per heavy atom. The first kappa shape index (κ1) is 14.5. The molecule has 0 bridgehead atoms. The van der Waals surface area contributed by atoms with Crippen LogP contribution in [-0.2, 0) is 9.53 Å². The van der Waals surface area contributed by atoms with Gasteiger partial charge < -0.3 is 15.6 Å². The quantitative estimate of drug-likeness (QED) is 0.803. The van der Waals surface area contributed by atoms with E-state index in [0.717, 1.165) is 4.47 Å². The van der Waals surface area contributed by atoms with Gasteiger partial charge in [-0.1, -0.05) is 15.9 Å². The molecule has 1 aromatic carbocycles. The molecular formula is C11H13Br2NO3. The lowest BCUT2D eigenvalue weighted by Gasteiger charge is -2.14. The summed E-state index contributed by atoms with van der Waals surface area (Å²) in [5.41, 5.74) is 6.36. The lowest BCUT2D eigenvalue weighted by Crippen LogP contribution is -2.17. The summed E-state index contributed by atoms with van der Waals surface area (Å²) in [6.45, 7) is 2.05. The molecule has 0 aromatic heterocycles. The van der Waals surface area contributed by atoms with Crippen LogP contribution in [0, 0.1) is 0 Å². The van der Waals surface area contributed by atoms with Gasteiger partial charge in [0.2, 0.25) is 0 Å². The number of carbonyl (C=O) groups excluding carboxylic acids is 1. The van der Waals surface area contributed by atoms with Crippen molar-refractivity contribution in [1.29, 1.82) is 0 Å². The Morgan fingerprint density at radius 1 is 1.53 bits per heavy atom. The lowest BCUT2D eigenvalue weighted by atomic mass is 10.0. The molecule has 0 aliphatic carbocycles. The first-order valence-corrected chi connectivity index (χ1v) is 6.63. The Kier molecular flexibility index (Phi) is 5.42. The van der Waals surface area contributed by atoms with E-state index in [1.54, 1.807) is 19.1 Å². The van der Waals surface area contributed by atoms with Crippen LogP contribution in [-0.4, -0.2) is 17.7 Å².